The first-order valence-corrected chi connectivity index (χ1v) is 10.6. The number of benzene rings is 2. The van der Waals surface area contributed by atoms with Crippen LogP contribution in [0.5, 0.6) is 0 Å². The van der Waals surface area contributed by atoms with Gasteiger partial charge in [0.15, 0.2) is 0 Å². The Morgan fingerprint density at radius 3 is 2.46 bits per heavy atom. The Morgan fingerprint density at radius 1 is 1.11 bits per heavy atom. The summed E-state index contributed by atoms with van der Waals surface area (Å²) in [5.41, 5.74) is 1.44. The van der Waals surface area contributed by atoms with E-state index < -0.39 is 15.8 Å². The molecule has 1 fully saturated rings. The van der Waals surface area contributed by atoms with E-state index >= 15 is 0 Å². The van der Waals surface area contributed by atoms with Crippen molar-refractivity contribution in [2.45, 2.75) is 11.8 Å². The van der Waals surface area contributed by atoms with Gasteiger partial charge in [-0.3, -0.25) is 9.69 Å². The summed E-state index contributed by atoms with van der Waals surface area (Å²) in [4.78, 5) is 13.9. The molecule has 0 spiro atoms. The van der Waals surface area contributed by atoms with Crippen LogP contribution in [0, 0.1) is 12.7 Å². The van der Waals surface area contributed by atoms with Crippen LogP contribution in [0.2, 0.25) is 5.02 Å². The number of amides is 1. The maximum absolute atomic E-state index is 13.9. The molecule has 0 unspecified atom stereocenters. The van der Waals surface area contributed by atoms with Gasteiger partial charge in [-0.25, -0.2) is 12.8 Å². The highest BCUT2D eigenvalue weighted by Crippen LogP contribution is 2.23. The molecule has 0 radical (unpaired) electrons. The number of carbonyl (C=O) groups excluding carboxylic acids is 1. The Labute approximate surface area is 168 Å². The molecule has 1 saturated heterocycles. The third-order valence-electron chi connectivity index (χ3n) is 4.69. The molecule has 1 aliphatic heterocycles. The highest BCUT2D eigenvalue weighted by Gasteiger charge is 2.30. The molecule has 0 aromatic heterocycles. The van der Waals surface area contributed by atoms with Gasteiger partial charge in [-0.15, -0.1) is 0 Å². The van der Waals surface area contributed by atoms with Gasteiger partial charge in [0.05, 0.1) is 6.54 Å². The zero-order chi connectivity index (χ0) is 20.3. The minimum Gasteiger partial charge on any atom is -0.325 e. The van der Waals surface area contributed by atoms with Crippen molar-refractivity contribution in [3.63, 3.8) is 0 Å². The van der Waals surface area contributed by atoms with Crippen molar-refractivity contribution in [2.24, 2.45) is 0 Å². The topological polar surface area (TPSA) is 69.7 Å². The SMILES string of the molecule is Cc1c(Cl)cccc1NC(=O)CN1CCN(S(=O)(=O)c2ccccc2F)CC1. The molecule has 9 heteroatoms. The molecule has 3 rings (SSSR count). The Balaban J connectivity index is 1.57. The van der Waals surface area contributed by atoms with Crippen LogP contribution in [0.3, 0.4) is 0 Å². The largest absolute Gasteiger partial charge is 0.325 e. The van der Waals surface area contributed by atoms with Crippen LogP contribution >= 0.6 is 11.6 Å². The van der Waals surface area contributed by atoms with E-state index in [1.807, 2.05) is 11.8 Å². The first-order chi connectivity index (χ1) is 13.3. The molecule has 150 valence electrons. The van der Waals surface area contributed by atoms with Gasteiger partial charge in [-0.05, 0) is 36.8 Å². The molecule has 0 atom stereocenters. The van der Waals surface area contributed by atoms with Crippen LogP contribution in [-0.2, 0) is 14.8 Å². The van der Waals surface area contributed by atoms with E-state index in [0.717, 1.165) is 11.6 Å². The maximum atomic E-state index is 13.9. The van der Waals surface area contributed by atoms with Crippen LogP contribution < -0.4 is 5.32 Å². The van der Waals surface area contributed by atoms with Crippen molar-refractivity contribution >= 4 is 33.2 Å². The van der Waals surface area contributed by atoms with E-state index in [0.29, 0.717) is 23.8 Å². The lowest BCUT2D eigenvalue weighted by atomic mass is 10.2. The number of nitrogens with zero attached hydrogens (tertiary/aromatic N) is 2. The van der Waals surface area contributed by atoms with Crippen LogP contribution in [0.4, 0.5) is 10.1 Å². The third kappa shape index (κ3) is 4.52. The first-order valence-electron chi connectivity index (χ1n) is 8.81. The number of anilines is 1. The van der Waals surface area contributed by atoms with Crippen molar-refractivity contribution in [3.8, 4) is 0 Å². The summed E-state index contributed by atoms with van der Waals surface area (Å²) in [6.07, 6.45) is 0. The second kappa shape index (κ2) is 8.57. The van der Waals surface area contributed by atoms with Crippen molar-refractivity contribution in [2.75, 3.05) is 38.0 Å². The number of carbonyl (C=O) groups is 1. The lowest BCUT2D eigenvalue weighted by Crippen LogP contribution is -2.50. The highest BCUT2D eigenvalue weighted by atomic mass is 35.5. The Kier molecular flexibility index (Phi) is 6.34. The fourth-order valence-electron chi connectivity index (χ4n) is 3.06. The molecule has 0 aliphatic carbocycles. The predicted molar refractivity (Wildman–Crippen MR) is 106 cm³/mol. The Bertz CT molecular complexity index is 976. The summed E-state index contributed by atoms with van der Waals surface area (Å²) in [5, 5.41) is 3.40. The maximum Gasteiger partial charge on any atom is 0.246 e. The Hall–Kier alpha value is -2.00. The lowest BCUT2D eigenvalue weighted by Gasteiger charge is -2.33. The van der Waals surface area contributed by atoms with E-state index in [4.69, 9.17) is 11.6 Å². The molecule has 0 saturated carbocycles. The smallest absolute Gasteiger partial charge is 0.246 e. The van der Waals surface area contributed by atoms with Crippen molar-refractivity contribution in [1.29, 1.82) is 0 Å². The van der Waals surface area contributed by atoms with Crippen molar-refractivity contribution in [3.05, 3.63) is 58.9 Å². The molecule has 1 heterocycles. The van der Waals surface area contributed by atoms with Crippen molar-refractivity contribution < 1.29 is 17.6 Å². The summed E-state index contributed by atoms with van der Waals surface area (Å²) in [6, 6.07) is 10.6. The molecule has 1 aliphatic rings. The van der Waals surface area contributed by atoms with E-state index in [1.54, 1.807) is 18.2 Å². The molecular weight excluding hydrogens is 405 g/mol. The summed E-state index contributed by atoms with van der Waals surface area (Å²) in [6.45, 7) is 3.12. The van der Waals surface area contributed by atoms with Crippen LogP contribution in [0.15, 0.2) is 47.4 Å². The fourth-order valence-corrected chi connectivity index (χ4v) is 4.72. The number of nitrogens with one attached hydrogen (secondary N) is 1. The lowest BCUT2D eigenvalue weighted by molar-refractivity contribution is -0.117. The van der Waals surface area contributed by atoms with E-state index in [9.17, 15) is 17.6 Å². The van der Waals surface area contributed by atoms with Gasteiger partial charge in [0.25, 0.3) is 0 Å². The second-order valence-corrected chi connectivity index (χ2v) is 8.88. The van der Waals surface area contributed by atoms with Gasteiger partial charge in [0.2, 0.25) is 15.9 Å². The number of piperazine rings is 1. The number of halogens is 2. The quantitative estimate of drug-likeness (QED) is 0.799. The molecule has 2 aromatic carbocycles. The minimum absolute atomic E-state index is 0.138. The predicted octanol–water partition coefficient (Wildman–Crippen LogP) is 2.73. The van der Waals surface area contributed by atoms with Gasteiger partial charge in [0, 0.05) is 36.9 Å². The van der Waals surface area contributed by atoms with Gasteiger partial charge in [-0.1, -0.05) is 29.8 Å². The third-order valence-corrected chi connectivity index (χ3v) is 7.04. The number of rotatable bonds is 5. The molecule has 1 amide bonds. The van der Waals surface area contributed by atoms with Gasteiger partial charge < -0.3 is 5.32 Å². The standard InChI is InChI=1S/C19H21ClFN3O3S/c1-14-15(20)5-4-7-17(14)22-19(25)13-23-9-11-24(12-10-23)28(26,27)18-8-3-2-6-16(18)21/h2-8H,9-13H2,1H3,(H,22,25). The second-order valence-electron chi connectivity index (χ2n) is 6.57. The van der Waals surface area contributed by atoms with Crippen molar-refractivity contribution in [1.82, 2.24) is 9.21 Å². The minimum atomic E-state index is -3.89. The zero-order valence-corrected chi connectivity index (χ0v) is 16.9. The molecule has 2 aromatic rings. The van der Waals surface area contributed by atoms with Crippen LogP contribution in [-0.4, -0.2) is 56.3 Å². The summed E-state index contributed by atoms with van der Waals surface area (Å²) in [7, 11) is -3.89. The van der Waals surface area contributed by atoms with Crippen LogP contribution in [0.25, 0.3) is 0 Å². The Morgan fingerprint density at radius 2 is 1.79 bits per heavy atom. The highest BCUT2D eigenvalue weighted by molar-refractivity contribution is 7.89. The summed E-state index contributed by atoms with van der Waals surface area (Å²) < 4.78 is 40.4. The summed E-state index contributed by atoms with van der Waals surface area (Å²) in [5.74, 6) is -0.961. The molecule has 6 nitrogen and oxygen atoms in total. The zero-order valence-electron chi connectivity index (χ0n) is 15.4. The molecule has 28 heavy (non-hydrogen) atoms. The molecule has 0 bridgehead atoms. The number of sulfonamides is 1. The van der Waals surface area contributed by atoms with Gasteiger partial charge in [-0.2, -0.15) is 4.31 Å². The fraction of sp³-hybridized carbons (Fsp3) is 0.316. The average Bonchev–Trinajstić information content (AvgIpc) is 2.66. The monoisotopic (exact) mass is 425 g/mol. The molecular formula is C19H21ClFN3O3S. The first kappa shape index (κ1) is 20.7. The van der Waals surface area contributed by atoms with Crippen LogP contribution in [0.1, 0.15) is 5.56 Å². The normalized spacial score (nSPS) is 16.1. The van der Waals surface area contributed by atoms with E-state index in [2.05, 4.69) is 5.32 Å². The number of hydrogen-bond acceptors (Lipinski definition) is 4. The van der Waals surface area contributed by atoms with Gasteiger partial charge in [0.1, 0.15) is 10.7 Å². The number of hydrogen-bond donors (Lipinski definition) is 1. The summed E-state index contributed by atoms with van der Waals surface area (Å²) >= 11 is 6.06. The van der Waals surface area contributed by atoms with Gasteiger partial charge >= 0.3 is 0 Å². The van der Waals surface area contributed by atoms with E-state index in [-0.39, 0.29) is 30.4 Å². The average molecular weight is 426 g/mol. The molecule has 1 N–H and O–H groups in total. The van der Waals surface area contributed by atoms with E-state index in [1.165, 1.54) is 22.5 Å².